The first-order chi connectivity index (χ1) is 12.3. The Morgan fingerprint density at radius 2 is 1.92 bits per heavy atom. The van der Waals surface area contributed by atoms with Gasteiger partial charge in [0.2, 0.25) is 0 Å². The van der Waals surface area contributed by atoms with Gasteiger partial charge in [-0.1, -0.05) is 39.0 Å². The number of esters is 1. The van der Waals surface area contributed by atoms with Crippen LogP contribution in [0.5, 0.6) is 0 Å². The fourth-order valence-electron chi connectivity index (χ4n) is 2.96. The van der Waals surface area contributed by atoms with Gasteiger partial charge in [0.25, 0.3) is 5.91 Å². The Morgan fingerprint density at radius 1 is 1.23 bits per heavy atom. The molecule has 0 spiro atoms. The Bertz CT molecular complexity index is 774. The maximum absolute atomic E-state index is 12.9. The van der Waals surface area contributed by atoms with Crippen LogP contribution in [-0.4, -0.2) is 41.3 Å². The molecule has 0 aliphatic heterocycles. The van der Waals surface area contributed by atoms with Crippen molar-refractivity contribution in [2.75, 3.05) is 13.7 Å². The van der Waals surface area contributed by atoms with Gasteiger partial charge in [0.15, 0.2) is 0 Å². The van der Waals surface area contributed by atoms with Gasteiger partial charge < -0.3 is 19.7 Å². The summed E-state index contributed by atoms with van der Waals surface area (Å²) < 4.78 is 6.87. The highest BCUT2D eigenvalue weighted by Crippen LogP contribution is 2.24. The zero-order valence-electron chi connectivity index (χ0n) is 15.9. The third-order valence-corrected chi connectivity index (χ3v) is 4.42. The van der Waals surface area contributed by atoms with Crippen LogP contribution in [0.15, 0.2) is 30.5 Å². The summed E-state index contributed by atoms with van der Waals surface area (Å²) in [5.74, 6) is -0.759. The van der Waals surface area contributed by atoms with Crippen LogP contribution in [0, 0.1) is 5.41 Å². The standard InChI is InChI=1S/C20H28N2O4/c1-20(2,3)17(19(25)26-4)21-18(24)15-13-22(11-7-8-12-23)16-10-6-5-9-14(15)16/h5-6,9-10,13,17,23H,7-8,11-12H2,1-4H3,(H,21,24)/t17-/m1/s1. The molecule has 2 N–H and O–H groups in total. The molecule has 26 heavy (non-hydrogen) atoms. The number of carbonyl (C=O) groups is 2. The topological polar surface area (TPSA) is 80.6 Å². The van der Waals surface area contributed by atoms with Crippen LogP contribution in [0.3, 0.4) is 0 Å². The highest BCUT2D eigenvalue weighted by Gasteiger charge is 2.34. The summed E-state index contributed by atoms with van der Waals surface area (Å²) in [6.45, 7) is 6.51. The lowest BCUT2D eigenvalue weighted by molar-refractivity contribution is -0.145. The number of carbonyl (C=O) groups excluding carboxylic acids is 2. The smallest absolute Gasteiger partial charge is 0.328 e. The van der Waals surface area contributed by atoms with Crippen LogP contribution in [-0.2, 0) is 16.1 Å². The molecule has 0 unspecified atom stereocenters. The maximum atomic E-state index is 12.9. The number of aryl methyl sites for hydroxylation is 1. The molecular weight excluding hydrogens is 332 g/mol. The van der Waals surface area contributed by atoms with Crippen molar-refractivity contribution in [1.82, 2.24) is 9.88 Å². The van der Waals surface area contributed by atoms with Crippen LogP contribution in [0.2, 0.25) is 0 Å². The summed E-state index contributed by atoms with van der Waals surface area (Å²) >= 11 is 0. The molecule has 1 atom stereocenters. The lowest BCUT2D eigenvalue weighted by atomic mass is 9.86. The Kier molecular flexibility index (Phi) is 6.42. The molecule has 1 heterocycles. The number of rotatable bonds is 7. The maximum Gasteiger partial charge on any atom is 0.328 e. The van der Waals surface area contributed by atoms with Crippen LogP contribution >= 0.6 is 0 Å². The lowest BCUT2D eigenvalue weighted by Gasteiger charge is -2.28. The van der Waals surface area contributed by atoms with E-state index in [2.05, 4.69) is 5.32 Å². The molecule has 0 aliphatic carbocycles. The van der Waals surface area contributed by atoms with Gasteiger partial charge in [0, 0.05) is 30.3 Å². The van der Waals surface area contributed by atoms with E-state index in [4.69, 9.17) is 9.84 Å². The molecule has 0 bridgehead atoms. The highest BCUT2D eigenvalue weighted by atomic mass is 16.5. The van der Waals surface area contributed by atoms with E-state index in [-0.39, 0.29) is 12.5 Å². The molecule has 142 valence electrons. The molecule has 1 amide bonds. The van der Waals surface area contributed by atoms with E-state index in [0.29, 0.717) is 18.5 Å². The predicted octanol–water partition coefficient (Wildman–Crippen LogP) is 2.73. The first-order valence-electron chi connectivity index (χ1n) is 8.87. The lowest BCUT2D eigenvalue weighted by Crippen LogP contribution is -2.49. The van der Waals surface area contributed by atoms with Crippen LogP contribution in [0.1, 0.15) is 44.0 Å². The molecule has 0 saturated carbocycles. The number of hydrogen-bond donors (Lipinski definition) is 2. The second-order valence-corrected chi connectivity index (χ2v) is 7.48. The van der Waals surface area contributed by atoms with Crippen molar-refractivity contribution in [3.63, 3.8) is 0 Å². The number of fused-ring (bicyclic) bond motifs is 1. The second-order valence-electron chi connectivity index (χ2n) is 7.48. The van der Waals surface area contributed by atoms with Gasteiger partial charge in [-0.3, -0.25) is 4.79 Å². The number of aromatic nitrogens is 1. The average molecular weight is 360 g/mol. The van der Waals surface area contributed by atoms with Gasteiger partial charge in [0.1, 0.15) is 6.04 Å². The summed E-state index contributed by atoms with van der Waals surface area (Å²) in [5.41, 5.74) is 1.02. The van der Waals surface area contributed by atoms with Gasteiger partial charge in [-0.25, -0.2) is 4.79 Å². The van der Waals surface area contributed by atoms with Crippen molar-refractivity contribution in [3.05, 3.63) is 36.0 Å². The molecule has 0 fully saturated rings. The Labute approximate surface area is 154 Å². The molecule has 2 rings (SSSR count). The number of aliphatic hydroxyl groups excluding tert-OH is 1. The zero-order chi connectivity index (χ0) is 19.3. The van der Waals surface area contributed by atoms with Crippen LogP contribution < -0.4 is 5.32 Å². The minimum atomic E-state index is -0.739. The average Bonchev–Trinajstić information content (AvgIpc) is 2.97. The summed E-state index contributed by atoms with van der Waals surface area (Å²) in [7, 11) is 1.32. The van der Waals surface area contributed by atoms with Crippen molar-refractivity contribution in [1.29, 1.82) is 0 Å². The monoisotopic (exact) mass is 360 g/mol. The third-order valence-electron chi connectivity index (χ3n) is 4.42. The van der Waals surface area contributed by atoms with Crippen molar-refractivity contribution < 1.29 is 19.4 Å². The molecule has 1 aromatic carbocycles. The number of nitrogens with zero attached hydrogens (tertiary/aromatic N) is 1. The van der Waals surface area contributed by atoms with Crippen LogP contribution in [0.25, 0.3) is 10.9 Å². The molecule has 0 aliphatic rings. The van der Waals surface area contributed by atoms with E-state index in [1.165, 1.54) is 7.11 Å². The number of nitrogens with one attached hydrogen (secondary N) is 1. The van der Waals surface area contributed by atoms with E-state index < -0.39 is 17.4 Å². The SMILES string of the molecule is COC(=O)[C@@H](NC(=O)c1cn(CCCCO)c2ccccc12)C(C)(C)C. The summed E-state index contributed by atoms with van der Waals surface area (Å²) in [6, 6.07) is 6.94. The first kappa shape index (κ1) is 20.0. The Balaban J connectivity index is 2.33. The molecule has 6 heteroatoms. The fraction of sp³-hybridized carbons (Fsp3) is 0.500. The zero-order valence-corrected chi connectivity index (χ0v) is 15.9. The van der Waals surface area contributed by atoms with Gasteiger partial charge in [-0.05, 0) is 24.3 Å². The van der Waals surface area contributed by atoms with E-state index in [1.807, 2.05) is 55.8 Å². The number of benzene rings is 1. The second kappa shape index (κ2) is 8.36. The minimum Gasteiger partial charge on any atom is -0.467 e. The number of methoxy groups -OCH3 is 1. The van der Waals surface area contributed by atoms with Crippen molar-refractivity contribution in [2.45, 2.75) is 46.2 Å². The summed E-state index contributed by atoms with van der Waals surface area (Å²) in [4.78, 5) is 25.0. The molecule has 6 nitrogen and oxygen atoms in total. The number of ether oxygens (including phenoxy) is 1. The molecule has 0 radical (unpaired) electrons. The third kappa shape index (κ3) is 4.43. The quantitative estimate of drug-likeness (QED) is 0.588. The summed E-state index contributed by atoms with van der Waals surface area (Å²) in [5, 5.41) is 12.7. The Hall–Kier alpha value is -2.34. The first-order valence-corrected chi connectivity index (χ1v) is 8.87. The predicted molar refractivity (Wildman–Crippen MR) is 101 cm³/mol. The Morgan fingerprint density at radius 3 is 2.54 bits per heavy atom. The van der Waals surface area contributed by atoms with Gasteiger partial charge in [-0.15, -0.1) is 0 Å². The highest BCUT2D eigenvalue weighted by molar-refractivity contribution is 6.08. The molecule has 0 saturated heterocycles. The van der Waals surface area contributed by atoms with E-state index in [1.54, 1.807) is 0 Å². The van der Waals surface area contributed by atoms with E-state index >= 15 is 0 Å². The van der Waals surface area contributed by atoms with Crippen molar-refractivity contribution in [3.8, 4) is 0 Å². The van der Waals surface area contributed by atoms with Gasteiger partial charge in [0.05, 0.1) is 12.7 Å². The fourth-order valence-corrected chi connectivity index (χ4v) is 2.96. The van der Waals surface area contributed by atoms with Gasteiger partial charge in [-0.2, -0.15) is 0 Å². The van der Waals surface area contributed by atoms with Crippen LogP contribution in [0.4, 0.5) is 0 Å². The van der Waals surface area contributed by atoms with Gasteiger partial charge >= 0.3 is 5.97 Å². The minimum absolute atomic E-state index is 0.152. The molecule has 2 aromatic rings. The normalized spacial score (nSPS) is 12.8. The largest absolute Gasteiger partial charge is 0.467 e. The van der Waals surface area contributed by atoms with Crippen molar-refractivity contribution in [2.24, 2.45) is 5.41 Å². The number of aliphatic hydroxyl groups is 1. The number of para-hydroxylation sites is 1. The van der Waals surface area contributed by atoms with E-state index in [0.717, 1.165) is 17.3 Å². The van der Waals surface area contributed by atoms with Crippen molar-refractivity contribution >= 4 is 22.8 Å². The number of hydrogen-bond acceptors (Lipinski definition) is 4. The molecular formula is C20H28N2O4. The number of unbranched alkanes of at least 4 members (excludes halogenated alkanes) is 1. The molecule has 1 aromatic heterocycles. The number of amides is 1. The summed E-state index contributed by atoms with van der Waals surface area (Å²) in [6.07, 6.45) is 3.35. The van der Waals surface area contributed by atoms with E-state index in [9.17, 15) is 9.59 Å².